The van der Waals surface area contributed by atoms with E-state index >= 15 is 0 Å². The molecule has 1 unspecified atom stereocenters. The first-order valence-corrected chi connectivity index (χ1v) is 5.07. The summed E-state index contributed by atoms with van der Waals surface area (Å²) >= 11 is 0. The molecule has 14 heavy (non-hydrogen) atoms. The van der Waals surface area contributed by atoms with Crippen LogP contribution in [0.3, 0.4) is 0 Å². The van der Waals surface area contributed by atoms with Gasteiger partial charge >= 0.3 is 0 Å². The molecule has 0 saturated carbocycles. The van der Waals surface area contributed by atoms with Gasteiger partial charge in [-0.05, 0) is 13.7 Å². The van der Waals surface area contributed by atoms with Crippen LogP contribution in [0.15, 0.2) is 11.9 Å². The molecule has 80 valence electrons. The molecule has 2 N–H and O–H groups in total. The van der Waals surface area contributed by atoms with Gasteiger partial charge in [0.2, 0.25) is 0 Å². The Bertz CT molecular complexity index is 251. The molecule has 0 spiro atoms. The topological polar surface area (TPSA) is 113 Å². The molecule has 1 rings (SSSR count). The minimum atomic E-state index is -4.73. The van der Waals surface area contributed by atoms with Crippen molar-refractivity contribution in [3.63, 3.8) is 0 Å². The second-order valence-electron chi connectivity index (χ2n) is 2.60. The minimum absolute atomic E-state index is 0. The summed E-state index contributed by atoms with van der Waals surface area (Å²) < 4.78 is 14.8. The molecular formula is C6H8O6PU-3. The first-order chi connectivity index (χ1) is 5.90. The molecule has 0 amide bonds. The Morgan fingerprint density at radius 3 is 2.36 bits per heavy atom. The maximum absolute atomic E-state index is 10.2. The van der Waals surface area contributed by atoms with E-state index in [0.29, 0.717) is 5.82 Å². The summed E-state index contributed by atoms with van der Waals surface area (Å²) in [6.45, 7) is 0.972. The molecule has 8 heteroatoms. The summed E-state index contributed by atoms with van der Waals surface area (Å²) in [6, 6.07) is 0. The van der Waals surface area contributed by atoms with Crippen LogP contribution in [0, 0.1) is 37.7 Å². The second-order valence-corrected chi connectivity index (χ2v) is 3.98. The second kappa shape index (κ2) is 5.78. The van der Waals surface area contributed by atoms with Gasteiger partial charge in [0.05, 0.1) is 12.2 Å². The number of ether oxygens (including phenoxy) is 1. The van der Waals surface area contributed by atoms with E-state index in [1.54, 1.807) is 0 Å². The molecule has 0 aliphatic carbocycles. The summed E-state index contributed by atoms with van der Waals surface area (Å²) in [5.74, 6) is 0.409. The maximum atomic E-state index is 10.2. The third-order valence-corrected chi connectivity index (χ3v) is 2.06. The van der Waals surface area contributed by atoms with E-state index < -0.39 is 25.9 Å². The molecule has 1 aliphatic heterocycles. The molecule has 0 radical (unpaired) electrons. The van der Waals surface area contributed by atoms with Crippen LogP contribution in [0.4, 0.5) is 0 Å². The Kier molecular flexibility index (Phi) is 6.12. The van der Waals surface area contributed by atoms with E-state index in [2.05, 4.69) is 4.74 Å². The SMILES string of the molecule is O=P([O-])([O-])/C=C/[C@H]1O[CH-]C(O)[C@H]1O.[U]. The summed E-state index contributed by atoms with van der Waals surface area (Å²) in [6.07, 6.45) is -2.47. The van der Waals surface area contributed by atoms with Crippen molar-refractivity contribution in [3.8, 4) is 0 Å². The van der Waals surface area contributed by atoms with E-state index in [-0.39, 0.29) is 31.1 Å². The van der Waals surface area contributed by atoms with Crippen molar-refractivity contribution in [2.45, 2.75) is 18.3 Å². The van der Waals surface area contributed by atoms with E-state index in [0.717, 1.165) is 12.7 Å². The molecule has 0 aromatic heterocycles. The van der Waals surface area contributed by atoms with Gasteiger partial charge in [-0.15, -0.1) is 0 Å². The van der Waals surface area contributed by atoms with Crippen LogP contribution >= 0.6 is 7.60 Å². The van der Waals surface area contributed by atoms with Crippen molar-refractivity contribution in [1.29, 1.82) is 0 Å². The van der Waals surface area contributed by atoms with Crippen molar-refractivity contribution < 1.29 is 60.4 Å². The number of rotatable bonds is 2. The van der Waals surface area contributed by atoms with Crippen molar-refractivity contribution in [1.82, 2.24) is 0 Å². The van der Waals surface area contributed by atoms with Gasteiger partial charge in [-0.1, -0.05) is 11.9 Å². The van der Waals surface area contributed by atoms with E-state index in [9.17, 15) is 14.4 Å². The van der Waals surface area contributed by atoms with Gasteiger partial charge in [-0.2, -0.15) is 6.61 Å². The van der Waals surface area contributed by atoms with E-state index in [1.165, 1.54) is 0 Å². The molecule has 0 aromatic carbocycles. The molecule has 1 fully saturated rings. The number of aliphatic hydroxyl groups excluding tert-OH is 2. The number of hydrogen-bond acceptors (Lipinski definition) is 6. The minimum Gasteiger partial charge on any atom is -0.808 e. The number of aliphatic hydroxyl groups is 2. The largest absolute Gasteiger partial charge is 0.808 e. The van der Waals surface area contributed by atoms with Crippen molar-refractivity contribution >= 4 is 7.60 Å². The molecule has 0 bridgehead atoms. The first kappa shape index (κ1) is 14.8. The molecule has 1 aliphatic rings. The van der Waals surface area contributed by atoms with Crippen LogP contribution in [0.25, 0.3) is 0 Å². The predicted octanol–water partition coefficient (Wildman–Crippen LogP) is -2.30. The van der Waals surface area contributed by atoms with Crippen LogP contribution < -0.4 is 9.79 Å². The fourth-order valence-electron chi connectivity index (χ4n) is 0.876. The Morgan fingerprint density at radius 1 is 1.43 bits per heavy atom. The maximum Gasteiger partial charge on any atom is 0.0808 e. The zero-order chi connectivity index (χ0) is 10.1. The zero-order valence-electron chi connectivity index (χ0n) is 6.94. The fourth-order valence-corrected chi connectivity index (χ4v) is 1.26. The Balaban J connectivity index is 0.00000169. The van der Waals surface area contributed by atoms with Crippen LogP contribution in [0.2, 0.25) is 0 Å². The number of hydrogen-bond donors (Lipinski definition) is 2. The fraction of sp³-hybridized carbons (Fsp3) is 0.500. The summed E-state index contributed by atoms with van der Waals surface area (Å²) in [4.78, 5) is 20.3. The summed E-state index contributed by atoms with van der Waals surface area (Å²) in [7, 11) is -4.73. The van der Waals surface area contributed by atoms with Gasteiger partial charge in [0, 0.05) is 31.1 Å². The van der Waals surface area contributed by atoms with Gasteiger partial charge in [0.1, 0.15) is 0 Å². The van der Waals surface area contributed by atoms with E-state index in [4.69, 9.17) is 10.2 Å². The Hall–Kier alpha value is 0.822. The third-order valence-electron chi connectivity index (χ3n) is 1.52. The molecule has 3 atom stereocenters. The van der Waals surface area contributed by atoms with Crippen molar-refractivity contribution in [2.24, 2.45) is 0 Å². The van der Waals surface area contributed by atoms with Gasteiger partial charge in [-0.3, -0.25) is 0 Å². The standard InChI is InChI=1S/C6H10O6P.U/c7-4-3-12-5(6(4)8)1-2-13(9,10)11;/h1-8H,(H2,9,10,11);/q-1;/p-2/b2-1+;/t4?,5-,6-;/m1./s1. The van der Waals surface area contributed by atoms with Crippen molar-refractivity contribution in [3.05, 3.63) is 18.5 Å². The quantitative estimate of drug-likeness (QED) is 0.365. The predicted molar refractivity (Wildman–Crippen MR) is 37.9 cm³/mol. The average Bonchev–Trinajstić information content (AvgIpc) is 2.29. The third kappa shape index (κ3) is 4.56. The summed E-state index contributed by atoms with van der Waals surface area (Å²) in [5, 5.41) is 18.0. The molecule has 1 saturated heterocycles. The zero-order valence-corrected chi connectivity index (χ0v) is 12.0. The van der Waals surface area contributed by atoms with Gasteiger partial charge in [0.25, 0.3) is 0 Å². The van der Waals surface area contributed by atoms with Crippen LogP contribution in [-0.2, 0) is 9.30 Å². The van der Waals surface area contributed by atoms with Crippen LogP contribution in [0.1, 0.15) is 0 Å². The molecule has 1 heterocycles. The molecule has 0 aromatic rings. The molecule has 6 nitrogen and oxygen atoms in total. The average molecular weight is 445 g/mol. The normalized spacial score (nSPS) is 33.3. The van der Waals surface area contributed by atoms with Crippen molar-refractivity contribution in [2.75, 3.05) is 0 Å². The van der Waals surface area contributed by atoms with Gasteiger partial charge in [0.15, 0.2) is 0 Å². The van der Waals surface area contributed by atoms with E-state index in [1.807, 2.05) is 0 Å². The van der Waals surface area contributed by atoms with Gasteiger partial charge in [-0.25, -0.2) is 0 Å². The summed E-state index contributed by atoms with van der Waals surface area (Å²) in [5.41, 5.74) is 0. The van der Waals surface area contributed by atoms with Crippen LogP contribution in [0.5, 0.6) is 0 Å². The van der Waals surface area contributed by atoms with Crippen LogP contribution in [-0.4, -0.2) is 28.5 Å². The Morgan fingerprint density at radius 2 is 2.00 bits per heavy atom. The molecular weight excluding hydrogens is 437 g/mol. The smallest absolute Gasteiger partial charge is 0.0808 e. The monoisotopic (exact) mass is 445 g/mol. The van der Waals surface area contributed by atoms with Gasteiger partial charge < -0.3 is 29.3 Å². The first-order valence-electron chi connectivity index (χ1n) is 3.46. The Labute approximate surface area is 105 Å².